The van der Waals surface area contributed by atoms with Gasteiger partial charge in [0.15, 0.2) is 0 Å². The van der Waals surface area contributed by atoms with Crippen LogP contribution in [-0.4, -0.2) is 0 Å². The summed E-state index contributed by atoms with van der Waals surface area (Å²) in [7, 11) is 0. The summed E-state index contributed by atoms with van der Waals surface area (Å²) >= 11 is 0. The monoisotopic (exact) mass is 132 g/mol. The molecule has 0 amide bonds. The molecule has 0 nitrogen and oxygen atoms in total. The molecule has 2 rings (SSSR count). The van der Waals surface area contributed by atoms with Gasteiger partial charge in [0, 0.05) is 5.92 Å². The van der Waals surface area contributed by atoms with E-state index in [1.54, 1.807) is 0 Å². The van der Waals surface area contributed by atoms with Gasteiger partial charge in [0.1, 0.15) is 0 Å². The largest absolute Gasteiger partial charge is 0.126 e. The molecule has 52 valence electrons. The molecule has 0 heterocycles. The van der Waals surface area contributed by atoms with E-state index in [0.717, 1.165) is 11.8 Å². The van der Waals surface area contributed by atoms with E-state index in [1.165, 1.54) is 18.4 Å². The zero-order valence-electron chi connectivity index (χ0n) is 6.30. The predicted octanol–water partition coefficient (Wildman–Crippen LogP) is 2.68. The van der Waals surface area contributed by atoms with Gasteiger partial charge in [-0.25, -0.2) is 0 Å². The Hall–Kier alpha value is -0.740. The molecule has 2 atom stereocenters. The van der Waals surface area contributed by atoms with Crippen LogP contribution in [0.25, 0.3) is 0 Å². The Morgan fingerprint density at radius 3 is 3.00 bits per heavy atom. The molecule has 0 aromatic heterocycles. The average Bonchev–Trinajstić information content (AvgIpc) is 2.48. The number of hydrogen-bond donors (Lipinski definition) is 0. The minimum Gasteiger partial charge on any atom is -0.126 e. The summed E-state index contributed by atoms with van der Waals surface area (Å²) in [6.07, 6.45) is 9.34. The van der Waals surface area contributed by atoms with Crippen LogP contribution in [0.15, 0.2) is 29.5 Å². The van der Waals surface area contributed by atoms with Gasteiger partial charge in [0.2, 0.25) is 0 Å². The lowest BCUT2D eigenvalue weighted by Gasteiger charge is -2.02. The third-order valence-corrected chi connectivity index (χ3v) is 2.43. The van der Waals surface area contributed by atoms with Gasteiger partial charge in [-0.2, -0.15) is 0 Å². The smallest absolute Gasteiger partial charge is 0.00586 e. The summed E-state index contributed by atoms with van der Waals surface area (Å²) < 4.78 is 0. The molecule has 1 saturated carbocycles. The molecular formula is C10H12. The standard InChI is InChI=1S/C10H12/c1-2-3-9-6-8-4-5-10(9)7-8/h2,4-5,8,10H,6-7H2,1H3. The lowest BCUT2D eigenvalue weighted by atomic mass is 10.0. The highest BCUT2D eigenvalue weighted by Crippen LogP contribution is 2.42. The van der Waals surface area contributed by atoms with Crippen LogP contribution in [0, 0.1) is 11.8 Å². The molecule has 0 aliphatic heterocycles. The molecule has 0 aromatic carbocycles. The summed E-state index contributed by atoms with van der Waals surface area (Å²) in [6.45, 7) is 2.04. The SMILES string of the molecule is CC=C=C1CC2C=CC1C2. The lowest BCUT2D eigenvalue weighted by molar-refractivity contribution is 0.693. The van der Waals surface area contributed by atoms with E-state index in [2.05, 4.69) is 17.9 Å². The van der Waals surface area contributed by atoms with Crippen LogP contribution >= 0.6 is 0 Å². The van der Waals surface area contributed by atoms with E-state index in [0.29, 0.717) is 0 Å². The fraction of sp³-hybridized carbons (Fsp3) is 0.500. The first kappa shape index (κ1) is 6.00. The van der Waals surface area contributed by atoms with Crippen molar-refractivity contribution in [2.75, 3.05) is 0 Å². The second-order valence-corrected chi connectivity index (χ2v) is 3.15. The maximum atomic E-state index is 3.32. The van der Waals surface area contributed by atoms with Crippen LogP contribution < -0.4 is 0 Å². The molecular weight excluding hydrogens is 120 g/mol. The van der Waals surface area contributed by atoms with E-state index >= 15 is 0 Å². The second kappa shape index (κ2) is 2.14. The van der Waals surface area contributed by atoms with Crippen molar-refractivity contribution >= 4 is 0 Å². The summed E-state index contributed by atoms with van der Waals surface area (Å²) in [5, 5.41) is 0. The normalized spacial score (nSPS) is 34.7. The molecule has 0 saturated heterocycles. The molecule has 0 spiro atoms. The molecule has 0 radical (unpaired) electrons. The third-order valence-electron chi connectivity index (χ3n) is 2.43. The van der Waals surface area contributed by atoms with E-state index in [-0.39, 0.29) is 0 Å². The van der Waals surface area contributed by atoms with Gasteiger partial charge < -0.3 is 0 Å². The zero-order valence-corrected chi connectivity index (χ0v) is 6.30. The van der Waals surface area contributed by atoms with Crippen molar-refractivity contribution in [1.29, 1.82) is 0 Å². The summed E-state index contributed by atoms with van der Waals surface area (Å²) in [5.74, 6) is 1.61. The Balaban J connectivity index is 2.32. The number of allylic oxidation sites excluding steroid dienone is 3. The zero-order chi connectivity index (χ0) is 6.97. The molecule has 0 aromatic rings. The van der Waals surface area contributed by atoms with Gasteiger partial charge in [0.25, 0.3) is 0 Å². The minimum absolute atomic E-state index is 0.751. The van der Waals surface area contributed by atoms with Crippen molar-refractivity contribution in [3.05, 3.63) is 29.5 Å². The van der Waals surface area contributed by atoms with Crippen LogP contribution in [0.1, 0.15) is 19.8 Å². The molecule has 0 N–H and O–H groups in total. The minimum atomic E-state index is 0.751. The van der Waals surface area contributed by atoms with Gasteiger partial charge in [-0.05, 0) is 37.3 Å². The van der Waals surface area contributed by atoms with Crippen LogP contribution in [0.2, 0.25) is 0 Å². The highest BCUT2D eigenvalue weighted by atomic mass is 14.3. The van der Waals surface area contributed by atoms with E-state index in [9.17, 15) is 0 Å². The molecule has 0 heteroatoms. The summed E-state index contributed by atoms with van der Waals surface area (Å²) in [4.78, 5) is 0. The van der Waals surface area contributed by atoms with Crippen molar-refractivity contribution in [3.8, 4) is 0 Å². The Kier molecular flexibility index (Phi) is 1.28. The first-order valence-electron chi connectivity index (χ1n) is 3.98. The topological polar surface area (TPSA) is 0 Å². The number of rotatable bonds is 0. The maximum Gasteiger partial charge on any atom is 0.00586 e. The highest BCUT2D eigenvalue weighted by Gasteiger charge is 2.30. The Bertz CT molecular complexity index is 226. The summed E-state index contributed by atoms with van der Waals surface area (Å²) in [6, 6.07) is 0. The van der Waals surface area contributed by atoms with E-state index in [1.807, 2.05) is 13.0 Å². The lowest BCUT2D eigenvalue weighted by Crippen LogP contribution is -1.89. The van der Waals surface area contributed by atoms with Crippen molar-refractivity contribution in [1.82, 2.24) is 0 Å². The van der Waals surface area contributed by atoms with Gasteiger partial charge in [-0.1, -0.05) is 12.2 Å². The number of fused-ring (bicyclic) bond motifs is 2. The second-order valence-electron chi connectivity index (χ2n) is 3.15. The fourth-order valence-corrected chi connectivity index (χ4v) is 1.97. The van der Waals surface area contributed by atoms with Crippen molar-refractivity contribution in [3.63, 3.8) is 0 Å². The van der Waals surface area contributed by atoms with Gasteiger partial charge in [0.05, 0.1) is 0 Å². The molecule has 2 unspecified atom stereocenters. The van der Waals surface area contributed by atoms with Crippen molar-refractivity contribution in [2.45, 2.75) is 19.8 Å². The molecule has 2 aliphatic carbocycles. The first-order valence-corrected chi connectivity index (χ1v) is 3.98. The number of hydrogen-bond acceptors (Lipinski definition) is 0. The van der Waals surface area contributed by atoms with E-state index < -0.39 is 0 Å². The molecule has 1 fully saturated rings. The van der Waals surface area contributed by atoms with Crippen molar-refractivity contribution in [2.24, 2.45) is 11.8 Å². The fourth-order valence-electron chi connectivity index (χ4n) is 1.97. The molecule has 10 heavy (non-hydrogen) atoms. The predicted molar refractivity (Wildman–Crippen MR) is 42.6 cm³/mol. The van der Waals surface area contributed by atoms with Crippen LogP contribution in [0.4, 0.5) is 0 Å². The molecule has 2 bridgehead atoms. The quantitative estimate of drug-likeness (QED) is 0.351. The van der Waals surface area contributed by atoms with Crippen molar-refractivity contribution < 1.29 is 0 Å². The Morgan fingerprint density at radius 1 is 1.60 bits per heavy atom. The van der Waals surface area contributed by atoms with Crippen LogP contribution in [0.5, 0.6) is 0 Å². The van der Waals surface area contributed by atoms with Crippen LogP contribution in [0.3, 0.4) is 0 Å². The Labute approximate surface area is 61.9 Å². The maximum absolute atomic E-state index is 3.32. The third kappa shape index (κ3) is 0.767. The van der Waals surface area contributed by atoms with Gasteiger partial charge in [-0.15, -0.1) is 5.73 Å². The van der Waals surface area contributed by atoms with E-state index in [4.69, 9.17) is 0 Å². The van der Waals surface area contributed by atoms with Gasteiger partial charge in [-0.3, -0.25) is 0 Å². The van der Waals surface area contributed by atoms with Gasteiger partial charge >= 0.3 is 0 Å². The first-order chi connectivity index (χ1) is 4.90. The van der Waals surface area contributed by atoms with Crippen LogP contribution in [-0.2, 0) is 0 Å². The highest BCUT2D eigenvalue weighted by molar-refractivity contribution is 5.26. The Morgan fingerprint density at radius 2 is 2.50 bits per heavy atom. The summed E-state index contributed by atoms with van der Waals surface area (Å²) in [5.41, 5.74) is 4.84. The molecule has 2 aliphatic rings. The average molecular weight is 132 g/mol.